The fourth-order valence-corrected chi connectivity index (χ4v) is 2.18. The molecule has 0 unspecified atom stereocenters. The number of carbonyl (C=O) groups is 1. The van der Waals surface area contributed by atoms with E-state index in [0.29, 0.717) is 16.8 Å². The minimum absolute atomic E-state index is 0.0203. The average molecular weight is 249 g/mol. The Hall–Kier alpha value is -1.95. The fraction of sp³-hybridized carbons (Fsp3) is 0.182. The molecule has 5 nitrogen and oxygen atoms in total. The van der Waals surface area contributed by atoms with E-state index in [1.807, 2.05) is 0 Å². The number of hydrogen-bond donors (Lipinski definition) is 1. The highest BCUT2D eigenvalue weighted by atomic mass is 32.1. The summed E-state index contributed by atoms with van der Waals surface area (Å²) in [7, 11) is 0. The van der Waals surface area contributed by atoms with Gasteiger partial charge in [-0.25, -0.2) is 4.98 Å². The maximum Gasteiger partial charge on any atom is 0.271 e. The van der Waals surface area contributed by atoms with E-state index in [4.69, 9.17) is 0 Å². The lowest BCUT2D eigenvalue weighted by atomic mass is 10.4. The zero-order valence-electron chi connectivity index (χ0n) is 9.05. The first-order valence-corrected chi connectivity index (χ1v) is 5.90. The molecule has 2 aromatic rings. The lowest BCUT2D eigenvalue weighted by Gasteiger charge is -2.04. The molecule has 0 bridgehead atoms. The molecular formula is C11H11N3O2S. The zero-order valence-corrected chi connectivity index (χ0v) is 9.87. The normalized spacial score (nSPS) is 10.4. The van der Waals surface area contributed by atoms with Crippen molar-refractivity contribution in [3.05, 3.63) is 40.8 Å². The second-order valence-electron chi connectivity index (χ2n) is 3.41. The summed E-state index contributed by atoms with van der Waals surface area (Å²) in [6.07, 6.45) is 2.98. The monoisotopic (exact) mass is 249 g/mol. The van der Waals surface area contributed by atoms with Crippen LogP contribution in [0.15, 0.2) is 35.2 Å². The summed E-state index contributed by atoms with van der Waals surface area (Å²) in [5.74, 6) is -0.232. The number of fused-ring (bicyclic) bond motifs is 1. The van der Waals surface area contributed by atoms with Crippen LogP contribution in [-0.2, 0) is 11.3 Å². The maximum atomic E-state index is 11.9. The molecule has 0 fully saturated rings. The van der Waals surface area contributed by atoms with Crippen molar-refractivity contribution in [2.45, 2.75) is 6.54 Å². The Balaban J connectivity index is 2.24. The van der Waals surface area contributed by atoms with Crippen molar-refractivity contribution >= 4 is 27.5 Å². The second kappa shape index (κ2) is 4.92. The minimum Gasteiger partial charge on any atom is -0.351 e. The summed E-state index contributed by atoms with van der Waals surface area (Å²) in [6.45, 7) is 3.87. The van der Waals surface area contributed by atoms with Gasteiger partial charge in [-0.05, 0) is 11.4 Å². The number of thiophene rings is 1. The molecule has 0 saturated carbocycles. The van der Waals surface area contributed by atoms with Crippen molar-refractivity contribution in [1.82, 2.24) is 14.9 Å². The van der Waals surface area contributed by atoms with Gasteiger partial charge in [-0.1, -0.05) is 6.08 Å². The van der Waals surface area contributed by atoms with Crippen LogP contribution < -0.4 is 10.9 Å². The molecule has 0 radical (unpaired) electrons. The quantitative estimate of drug-likeness (QED) is 0.814. The number of hydrogen-bond acceptors (Lipinski definition) is 4. The summed E-state index contributed by atoms with van der Waals surface area (Å²) in [4.78, 5) is 27.5. The molecule has 6 heteroatoms. The smallest absolute Gasteiger partial charge is 0.271 e. The standard InChI is InChI=1S/C11H11N3O2S/c1-2-4-12-9(15)6-14-7-13-8-3-5-17-10(8)11(14)16/h2-3,5,7H,1,4,6H2,(H,12,15). The fourth-order valence-electron chi connectivity index (χ4n) is 1.39. The summed E-state index contributed by atoms with van der Waals surface area (Å²) in [5, 5.41) is 4.42. The Bertz CT molecular complexity index is 614. The molecule has 2 heterocycles. The Kier molecular flexibility index (Phi) is 3.34. The van der Waals surface area contributed by atoms with E-state index in [1.165, 1.54) is 22.2 Å². The molecule has 0 aliphatic carbocycles. The van der Waals surface area contributed by atoms with Crippen molar-refractivity contribution in [3.8, 4) is 0 Å². The van der Waals surface area contributed by atoms with Gasteiger partial charge in [-0.15, -0.1) is 17.9 Å². The predicted molar refractivity (Wildman–Crippen MR) is 67.1 cm³/mol. The second-order valence-corrected chi connectivity index (χ2v) is 4.32. The molecule has 0 aliphatic heterocycles. The third-order valence-corrected chi connectivity index (χ3v) is 3.08. The first-order chi connectivity index (χ1) is 8.22. The van der Waals surface area contributed by atoms with E-state index >= 15 is 0 Å². The van der Waals surface area contributed by atoms with Gasteiger partial charge < -0.3 is 5.32 Å². The van der Waals surface area contributed by atoms with Crippen LogP contribution in [0.4, 0.5) is 0 Å². The SMILES string of the molecule is C=CCNC(=O)Cn1cnc2ccsc2c1=O. The molecule has 0 aliphatic rings. The molecule has 1 N–H and O–H groups in total. The van der Waals surface area contributed by atoms with Crippen molar-refractivity contribution in [2.24, 2.45) is 0 Å². The predicted octanol–water partition coefficient (Wildman–Crippen LogP) is 0.760. The molecule has 0 atom stereocenters. The third-order valence-electron chi connectivity index (χ3n) is 2.19. The first kappa shape index (κ1) is 11.5. The van der Waals surface area contributed by atoms with Crippen LogP contribution in [-0.4, -0.2) is 22.0 Å². The van der Waals surface area contributed by atoms with E-state index in [2.05, 4.69) is 16.9 Å². The first-order valence-electron chi connectivity index (χ1n) is 5.02. The van der Waals surface area contributed by atoms with Crippen LogP contribution in [0.25, 0.3) is 10.2 Å². The molecule has 1 amide bonds. The summed E-state index contributed by atoms with van der Waals surface area (Å²) >= 11 is 1.33. The zero-order chi connectivity index (χ0) is 12.3. The highest BCUT2D eigenvalue weighted by Gasteiger charge is 2.07. The number of amides is 1. The molecule has 2 rings (SSSR count). The third kappa shape index (κ3) is 2.42. The van der Waals surface area contributed by atoms with E-state index in [0.717, 1.165) is 0 Å². The van der Waals surface area contributed by atoms with Crippen molar-refractivity contribution < 1.29 is 4.79 Å². The van der Waals surface area contributed by atoms with Gasteiger partial charge in [0.25, 0.3) is 5.56 Å². The number of nitrogens with zero attached hydrogens (tertiary/aromatic N) is 2. The molecule has 88 valence electrons. The highest BCUT2D eigenvalue weighted by molar-refractivity contribution is 7.17. The number of carbonyl (C=O) groups excluding carboxylic acids is 1. The van der Waals surface area contributed by atoms with Gasteiger partial charge >= 0.3 is 0 Å². The Morgan fingerprint density at radius 2 is 2.47 bits per heavy atom. The summed E-state index contributed by atoms with van der Waals surface area (Å²) in [5.41, 5.74) is 0.488. The number of nitrogens with one attached hydrogen (secondary N) is 1. The lowest BCUT2D eigenvalue weighted by molar-refractivity contribution is -0.121. The Morgan fingerprint density at radius 3 is 3.24 bits per heavy atom. The van der Waals surface area contributed by atoms with Gasteiger partial charge in [0.15, 0.2) is 0 Å². The van der Waals surface area contributed by atoms with Crippen LogP contribution >= 0.6 is 11.3 Å². The molecule has 0 saturated heterocycles. The molecular weight excluding hydrogens is 238 g/mol. The maximum absolute atomic E-state index is 11.9. The largest absolute Gasteiger partial charge is 0.351 e. The van der Waals surface area contributed by atoms with Crippen LogP contribution in [0, 0.1) is 0 Å². The van der Waals surface area contributed by atoms with Gasteiger partial charge in [0.1, 0.15) is 11.2 Å². The number of rotatable bonds is 4. The lowest BCUT2D eigenvalue weighted by Crippen LogP contribution is -2.32. The Morgan fingerprint density at radius 1 is 1.65 bits per heavy atom. The van der Waals surface area contributed by atoms with E-state index in [-0.39, 0.29) is 18.0 Å². The van der Waals surface area contributed by atoms with Gasteiger partial charge in [-0.3, -0.25) is 14.2 Å². The molecule has 2 aromatic heterocycles. The van der Waals surface area contributed by atoms with Crippen LogP contribution in [0.2, 0.25) is 0 Å². The average Bonchev–Trinajstić information content (AvgIpc) is 2.79. The topological polar surface area (TPSA) is 64.0 Å². The summed E-state index contributed by atoms with van der Waals surface area (Å²) < 4.78 is 1.88. The van der Waals surface area contributed by atoms with Crippen LogP contribution in [0.5, 0.6) is 0 Å². The van der Waals surface area contributed by atoms with Gasteiger partial charge in [-0.2, -0.15) is 0 Å². The van der Waals surface area contributed by atoms with E-state index < -0.39 is 0 Å². The Labute approximate surface area is 101 Å². The van der Waals surface area contributed by atoms with Crippen LogP contribution in [0.3, 0.4) is 0 Å². The molecule has 0 aromatic carbocycles. The van der Waals surface area contributed by atoms with Gasteiger partial charge in [0.2, 0.25) is 5.91 Å². The molecule has 17 heavy (non-hydrogen) atoms. The van der Waals surface area contributed by atoms with Gasteiger partial charge in [0, 0.05) is 6.54 Å². The highest BCUT2D eigenvalue weighted by Crippen LogP contribution is 2.12. The number of aromatic nitrogens is 2. The van der Waals surface area contributed by atoms with E-state index in [1.54, 1.807) is 17.5 Å². The van der Waals surface area contributed by atoms with Crippen molar-refractivity contribution in [3.63, 3.8) is 0 Å². The van der Waals surface area contributed by atoms with Gasteiger partial charge in [0.05, 0.1) is 11.8 Å². The van der Waals surface area contributed by atoms with Crippen LogP contribution in [0.1, 0.15) is 0 Å². The van der Waals surface area contributed by atoms with Crippen molar-refractivity contribution in [2.75, 3.05) is 6.54 Å². The molecule has 0 spiro atoms. The van der Waals surface area contributed by atoms with E-state index in [9.17, 15) is 9.59 Å². The van der Waals surface area contributed by atoms with Crippen molar-refractivity contribution in [1.29, 1.82) is 0 Å². The summed E-state index contributed by atoms with van der Waals surface area (Å²) in [6, 6.07) is 1.78. The minimum atomic E-state index is -0.232.